The lowest BCUT2D eigenvalue weighted by Gasteiger charge is -2.37. The quantitative estimate of drug-likeness (QED) is 0.398. The summed E-state index contributed by atoms with van der Waals surface area (Å²) in [6.45, 7) is 8.17. The third kappa shape index (κ3) is 6.82. The molecule has 1 aliphatic heterocycles. The number of hydrogen-bond donors (Lipinski definition) is 1. The lowest BCUT2D eigenvalue weighted by atomic mass is 10.00. The van der Waals surface area contributed by atoms with Gasteiger partial charge in [-0.2, -0.15) is 0 Å². The van der Waals surface area contributed by atoms with Crippen LogP contribution in [0.25, 0.3) is 0 Å². The lowest BCUT2D eigenvalue weighted by molar-refractivity contribution is -0.136. The van der Waals surface area contributed by atoms with Gasteiger partial charge in [0.25, 0.3) is 0 Å². The van der Waals surface area contributed by atoms with Crippen molar-refractivity contribution in [3.63, 3.8) is 0 Å². The maximum absolute atomic E-state index is 13.5. The van der Waals surface area contributed by atoms with Crippen LogP contribution in [0, 0.1) is 6.92 Å². The highest BCUT2D eigenvalue weighted by Crippen LogP contribution is 2.34. The van der Waals surface area contributed by atoms with Gasteiger partial charge in [-0.15, -0.1) is 17.9 Å². The SMILES string of the molecule is C=CCN(CC(=O)N1CCc2sccc2[C@H]1COc1cccc(C)c1)C[C@@H](O)Cc1ccccc1. The zero-order chi connectivity index (χ0) is 24.6. The molecule has 0 saturated carbocycles. The van der Waals surface area contributed by atoms with E-state index in [1.54, 1.807) is 17.4 Å². The van der Waals surface area contributed by atoms with Gasteiger partial charge >= 0.3 is 0 Å². The standard InChI is InChI=1S/C29H34N2O3S/c1-3-14-30(19-24(32)18-23-9-5-4-6-10-23)20-29(33)31-15-12-28-26(13-16-35-28)27(31)21-34-25-11-7-8-22(2)17-25/h3-11,13,16-17,24,27,32H,1,12,14-15,18-21H2,2H3/t24-,27+/m0/s1. The van der Waals surface area contributed by atoms with Crippen molar-refractivity contribution in [3.05, 3.63) is 100 Å². The van der Waals surface area contributed by atoms with Gasteiger partial charge in [-0.05, 0) is 60.0 Å². The molecule has 0 saturated heterocycles. The summed E-state index contributed by atoms with van der Waals surface area (Å²) >= 11 is 1.75. The summed E-state index contributed by atoms with van der Waals surface area (Å²) < 4.78 is 6.16. The number of amides is 1. The van der Waals surface area contributed by atoms with E-state index in [1.165, 1.54) is 10.4 Å². The molecule has 1 aromatic heterocycles. The molecule has 5 nitrogen and oxygen atoms in total. The number of aryl methyl sites for hydroxylation is 1. The van der Waals surface area contributed by atoms with Gasteiger partial charge in [-0.3, -0.25) is 9.69 Å². The predicted octanol–water partition coefficient (Wildman–Crippen LogP) is 4.65. The minimum absolute atomic E-state index is 0.0495. The van der Waals surface area contributed by atoms with Gasteiger partial charge < -0.3 is 14.7 Å². The first-order valence-electron chi connectivity index (χ1n) is 12.1. The summed E-state index contributed by atoms with van der Waals surface area (Å²) in [5.74, 6) is 0.866. The monoisotopic (exact) mass is 490 g/mol. The second-order valence-corrected chi connectivity index (χ2v) is 10.1. The Labute approximate surface area is 212 Å². The molecule has 1 amide bonds. The van der Waals surface area contributed by atoms with Crippen molar-refractivity contribution < 1.29 is 14.6 Å². The minimum Gasteiger partial charge on any atom is -0.491 e. The third-order valence-corrected chi connectivity index (χ3v) is 7.34. The van der Waals surface area contributed by atoms with Gasteiger partial charge in [0.15, 0.2) is 0 Å². The van der Waals surface area contributed by atoms with E-state index >= 15 is 0 Å². The normalized spacial score (nSPS) is 16.1. The number of nitrogens with zero attached hydrogens (tertiary/aromatic N) is 2. The predicted molar refractivity (Wildman–Crippen MR) is 142 cm³/mol. The fraction of sp³-hybridized carbons (Fsp3) is 0.345. The van der Waals surface area contributed by atoms with Crippen LogP contribution in [0.1, 0.15) is 27.6 Å². The van der Waals surface area contributed by atoms with Crippen molar-refractivity contribution in [3.8, 4) is 5.75 Å². The molecule has 3 aromatic rings. The molecule has 2 atom stereocenters. The molecule has 0 aliphatic carbocycles. The largest absolute Gasteiger partial charge is 0.491 e. The number of carbonyl (C=O) groups excluding carboxylic acids is 1. The van der Waals surface area contributed by atoms with Crippen molar-refractivity contribution in [1.29, 1.82) is 0 Å². The van der Waals surface area contributed by atoms with E-state index in [1.807, 2.05) is 71.3 Å². The van der Waals surface area contributed by atoms with Crippen LogP contribution in [-0.4, -0.2) is 59.7 Å². The first-order valence-corrected chi connectivity index (χ1v) is 13.0. The fourth-order valence-electron chi connectivity index (χ4n) is 4.67. The van der Waals surface area contributed by atoms with E-state index in [4.69, 9.17) is 4.74 Å². The van der Waals surface area contributed by atoms with E-state index in [9.17, 15) is 9.90 Å². The number of hydrogen-bond acceptors (Lipinski definition) is 5. The Balaban J connectivity index is 1.43. The number of thiophene rings is 1. The van der Waals surface area contributed by atoms with Crippen LogP contribution in [0.3, 0.4) is 0 Å². The van der Waals surface area contributed by atoms with E-state index in [2.05, 4.69) is 18.0 Å². The number of ether oxygens (including phenoxy) is 1. The Bertz CT molecular complexity index is 1110. The van der Waals surface area contributed by atoms with Crippen LogP contribution < -0.4 is 4.74 Å². The smallest absolute Gasteiger partial charge is 0.237 e. The summed E-state index contributed by atoms with van der Waals surface area (Å²) in [5, 5.41) is 12.8. The average Bonchev–Trinajstić information content (AvgIpc) is 3.32. The highest BCUT2D eigenvalue weighted by Gasteiger charge is 2.33. The van der Waals surface area contributed by atoms with Crippen LogP contribution in [0.2, 0.25) is 0 Å². The van der Waals surface area contributed by atoms with Crippen molar-refractivity contribution in [1.82, 2.24) is 9.80 Å². The molecule has 1 N–H and O–H groups in total. The molecular weight excluding hydrogens is 456 g/mol. The van der Waals surface area contributed by atoms with Crippen LogP contribution in [0.4, 0.5) is 0 Å². The highest BCUT2D eigenvalue weighted by molar-refractivity contribution is 7.10. The van der Waals surface area contributed by atoms with Crippen molar-refractivity contribution in [2.75, 3.05) is 32.8 Å². The van der Waals surface area contributed by atoms with Gasteiger partial charge in [0.1, 0.15) is 12.4 Å². The summed E-state index contributed by atoms with van der Waals surface area (Å²) in [4.78, 5) is 18.8. The lowest BCUT2D eigenvalue weighted by Crippen LogP contribution is -2.48. The Hall–Kier alpha value is -2.93. The summed E-state index contributed by atoms with van der Waals surface area (Å²) in [6, 6.07) is 19.9. The number of aliphatic hydroxyl groups excluding tert-OH is 1. The van der Waals surface area contributed by atoms with Gasteiger partial charge in [-0.1, -0.05) is 48.5 Å². The van der Waals surface area contributed by atoms with Crippen LogP contribution in [0.5, 0.6) is 5.75 Å². The molecule has 0 unspecified atom stereocenters. The minimum atomic E-state index is -0.560. The molecule has 0 bridgehead atoms. The molecular formula is C29H34N2O3S. The van der Waals surface area contributed by atoms with E-state index in [0.29, 0.717) is 32.7 Å². The second kappa shape index (κ2) is 12.2. The van der Waals surface area contributed by atoms with E-state index < -0.39 is 6.10 Å². The second-order valence-electron chi connectivity index (χ2n) is 9.11. The fourth-order valence-corrected chi connectivity index (χ4v) is 5.60. The van der Waals surface area contributed by atoms with E-state index in [0.717, 1.165) is 23.3 Å². The van der Waals surface area contributed by atoms with Gasteiger partial charge in [0, 0.05) is 24.5 Å². The van der Waals surface area contributed by atoms with Crippen molar-refractivity contribution in [2.24, 2.45) is 0 Å². The number of rotatable bonds is 11. The zero-order valence-corrected chi connectivity index (χ0v) is 21.1. The van der Waals surface area contributed by atoms with Gasteiger partial charge in [0.05, 0.1) is 18.7 Å². The third-order valence-electron chi connectivity index (χ3n) is 6.34. The molecule has 2 heterocycles. The molecule has 0 fully saturated rings. The zero-order valence-electron chi connectivity index (χ0n) is 20.3. The van der Waals surface area contributed by atoms with Gasteiger partial charge in [0.2, 0.25) is 5.91 Å². The maximum atomic E-state index is 13.5. The first-order chi connectivity index (χ1) is 17.0. The molecule has 0 radical (unpaired) electrons. The Morgan fingerprint density at radius 2 is 2.09 bits per heavy atom. The maximum Gasteiger partial charge on any atom is 0.237 e. The summed E-state index contributed by atoms with van der Waals surface area (Å²) in [6.07, 6.45) is 2.64. The van der Waals surface area contributed by atoms with Crippen LogP contribution in [-0.2, 0) is 17.6 Å². The molecule has 184 valence electrons. The topological polar surface area (TPSA) is 53.0 Å². The molecule has 1 aliphatic rings. The van der Waals surface area contributed by atoms with Crippen LogP contribution >= 0.6 is 11.3 Å². The number of benzene rings is 2. The van der Waals surface area contributed by atoms with E-state index in [-0.39, 0.29) is 18.5 Å². The van der Waals surface area contributed by atoms with Crippen molar-refractivity contribution >= 4 is 17.2 Å². The average molecular weight is 491 g/mol. The molecule has 0 spiro atoms. The summed E-state index contributed by atoms with van der Waals surface area (Å²) in [5.41, 5.74) is 3.41. The molecule has 35 heavy (non-hydrogen) atoms. The molecule has 6 heteroatoms. The Morgan fingerprint density at radius 3 is 2.86 bits per heavy atom. The molecule has 2 aromatic carbocycles. The summed E-state index contributed by atoms with van der Waals surface area (Å²) in [7, 11) is 0. The molecule has 4 rings (SSSR count). The van der Waals surface area contributed by atoms with Crippen LogP contribution in [0.15, 0.2) is 78.7 Å². The number of aliphatic hydroxyl groups is 1. The Kier molecular flexibility index (Phi) is 8.74. The highest BCUT2D eigenvalue weighted by atomic mass is 32.1. The number of carbonyl (C=O) groups is 1. The Morgan fingerprint density at radius 1 is 1.26 bits per heavy atom. The van der Waals surface area contributed by atoms with Gasteiger partial charge in [-0.25, -0.2) is 0 Å². The number of fused-ring (bicyclic) bond motifs is 1. The van der Waals surface area contributed by atoms with Crippen molar-refractivity contribution in [2.45, 2.75) is 31.9 Å². The first kappa shape index (κ1) is 25.2.